The average molecular weight is 386 g/mol. The Morgan fingerprint density at radius 3 is 2.61 bits per heavy atom. The summed E-state index contributed by atoms with van der Waals surface area (Å²) < 4.78 is 5.68. The monoisotopic (exact) mass is 386 g/mol. The van der Waals surface area contributed by atoms with Gasteiger partial charge in [-0.15, -0.1) is 0 Å². The molecule has 152 valence electrons. The minimum absolute atomic E-state index is 0.00677. The summed E-state index contributed by atoms with van der Waals surface area (Å²) in [6, 6.07) is 8.15. The van der Waals surface area contributed by atoms with E-state index >= 15 is 0 Å². The fourth-order valence-corrected chi connectivity index (χ4v) is 3.96. The summed E-state index contributed by atoms with van der Waals surface area (Å²) in [5.41, 5.74) is 1.06. The third kappa shape index (κ3) is 4.64. The number of fused-ring (bicyclic) bond motifs is 1. The molecule has 0 aromatic heterocycles. The second-order valence-electron chi connectivity index (χ2n) is 8.07. The van der Waals surface area contributed by atoms with Crippen LogP contribution in [0.4, 0.5) is 0 Å². The maximum atomic E-state index is 12.8. The lowest BCUT2D eigenvalue weighted by molar-refractivity contribution is -0.128. The molecule has 0 spiro atoms. The van der Waals surface area contributed by atoms with Gasteiger partial charge in [0.15, 0.2) is 0 Å². The molecule has 0 bridgehead atoms. The number of amides is 2. The van der Waals surface area contributed by atoms with E-state index in [2.05, 4.69) is 20.4 Å². The average Bonchev–Trinajstić information content (AvgIpc) is 3.52. The van der Waals surface area contributed by atoms with Crippen LogP contribution in [-0.4, -0.2) is 73.0 Å². The molecular weight excluding hydrogens is 356 g/mol. The zero-order chi connectivity index (χ0) is 19.5. The van der Waals surface area contributed by atoms with Crippen molar-refractivity contribution in [2.24, 2.45) is 0 Å². The SMILES string of the molecule is CC(C(=O)NC1CCOc2ccccc21)N1CCN(CC(=O)NC2CC2)CC1. The molecule has 1 saturated heterocycles. The molecule has 4 rings (SSSR count). The lowest BCUT2D eigenvalue weighted by Crippen LogP contribution is -2.55. The molecule has 2 unspecified atom stereocenters. The molecular formula is C21H30N4O3. The summed E-state index contributed by atoms with van der Waals surface area (Å²) in [7, 11) is 0. The van der Waals surface area contributed by atoms with Crippen molar-refractivity contribution >= 4 is 11.8 Å². The Labute approximate surface area is 166 Å². The van der Waals surface area contributed by atoms with Crippen molar-refractivity contribution in [2.45, 2.75) is 44.3 Å². The van der Waals surface area contributed by atoms with Crippen molar-refractivity contribution < 1.29 is 14.3 Å². The summed E-state index contributed by atoms with van der Waals surface area (Å²) in [6.45, 7) is 6.29. The predicted molar refractivity (Wildman–Crippen MR) is 106 cm³/mol. The van der Waals surface area contributed by atoms with Crippen LogP contribution in [0, 0.1) is 0 Å². The van der Waals surface area contributed by atoms with Crippen LogP contribution in [0.25, 0.3) is 0 Å². The number of carbonyl (C=O) groups excluding carboxylic acids is 2. The highest BCUT2D eigenvalue weighted by Gasteiger charge is 2.30. The van der Waals surface area contributed by atoms with Gasteiger partial charge >= 0.3 is 0 Å². The quantitative estimate of drug-likeness (QED) is 0.760. The molecule has 2 fully saturated rings. The Hall–Kier alpha value is -2.12. The molecule has 2 heterocycles. The lowest BCUT2D eigenvalue weighted by atomic mass is 10.00. The van der Waals surface area contributed by atoms with Gasteiger partial charge in [0.05, 0.1) is 25.2 Å². The Morgan fingerprint density at radius 1 is 1.11 bits per heavy atom. The van der Waals surface area contributed by atoms with Crippen molar-refractivity contribution in [3.63, 3.8) is 0 Å². The summed E-state index contributed by atoms with van der Waals surface area (Å²) in [4.78, 5) is 29.2. The van der Waals surface area contributed by atoms with Gasteiger partial charge in [-0.3, -0.25) is 19.4 Å². The zero-order valence-electron chi connectivity index (χ0n) is 16.5. The normalized spacial score (nSPS) is 24.0. The van der Waals surface area contributed by atoms with Crippen molar-refractivity contribution in [1.29, 1.82) is 0 Å². The van der Waals surface area contributed by atoms with E-state index in [1.807, 2.05) is 31.2 Å². The van der Waals surface area contributed by atoms with E-state index in [0.29, 0.717) is 19.2 Å². The fourth-order valence-electron chi connectivity index (χ4n) is 3.96. The molecule has 7 heteroatoms. The van der Waals surface area contributed by atoms with Gasteiger partial charge in [-0.2, -0.15) is 0 Å². The second-order valence-corrected chi connectivity index (χ2v) is 8.07. The molecule has 3 aliphatic rings. The van der Waals surface area contributed by atoms with Crippen LogP contribution in [-0.2, 0) is 9.59 Å². The number of rotatable bonds is 6. The molecule has 7 nitrogen and oxygen atoms in total. The van der Waals surface area contributed by atoms with E-state index < -0.39 is 0 Å². The van der Waals surface area contributed by atoms with Crippen LogP contribution in [0.15, 0.2) is 24.3 Å². The molecule has 2 amide bonds. The molecule has 2 N–H and O–H groups in total. The summed E-state index contributed by atoms with van der Waals surface area (Å²) in [6.07, 6.45) is 3.02. The molecule has 1 aliphatic carbocycles. The van der Waals surface area contributed by atoms with Crippen LogP contribution in [0.3, 0.4) is 0 Å². The maximum Gasteiger partial charge on any atom is 0.237 e. The maximum absolute atomic E-state index is 12.8. The third-order valence-corrected chi connectivity index (χ3v) is 5.92. The summed E-state index contributed by atoms with van der Waals surface area (Å²) >= 11 is 0. The van der Waals surface area contributed by atoms with Gasteiger partial charge in [-0.1, -0.05) is 18.2 Å². The number of para-hydroxylation sites is 1. The number of hydrogen-bond donors (Lipinski definition) is 2. The first-order valence-electron chi connectivity index (χ1n) is 10.4. The minimum atomic E-state index is -0.183. The Bertz CT molecular complexity index is 713. The number of nitrogens with one attached hydrogen (secondary N) is 2. The molecule has 0 radical (unpaired) electrons. The minimum Gasteiger partial charge on any atom is -0.493 e. The molecule has 1 aromatic rings. The first-order chi connectivity index (χ1) is 13.6. The van der Waals surface area contributed by atoms with Crippen molar-refractivity contribution in [1.82, 2.24) is 20.4 Å². The molecule has 2 aliphatic heterocycles. The van der Waals surface area contributed by atoms with Gasteiger partial charge in [0.25, 0.3) is 0 Å². The molecule has 1 aromatic carbocycles. The first kappa shape index (κ1) is 19.2. The molecule has 1 saturated carbocycles. The van der Waals surface area contributed by atoms with Gasteiger partial charge in [-0.25, -0.2) is 0 Å². The highest BCUT2D eigenvalue weighted by atomic mass is 16.5. The van der Waals surface area contributed by atoms with E-state index in [4.69, 9.17) is 4.74 Å². The number of ether oxygens (including phenoxy) is 1. The van der Waals surface area contributed by atoms with E-state index in [1.165, 1.54) is 0 Å². The Kier molecular flexibility index (Phi) is 5.82. The highest BCUT2D eigenvalue weighted by Crippen LogP contribution is 2.31. The lowest BCUT2D eigenvalue weighted by Gasteiger charge is -2.37. The predicted octanol–water partition coefficient (Wildman–Crippen LogP) is 0.911. The van der Waals surface area contributed by atoms with Crippen LogP contribution in [0.5, 0.6) is 5.75 Å². The topological polar surface area (TPSA) is 73.9 Å². The number of benzene rings is 1. The highest BCUT2D eigenvalue weighted by molar-refractivity contribution is 5.82. The number of nitrogens with zero attached hydrogens (tertiary/aromatic N) is 2. The molecule has 28 heavy (non-hydrogen) atoms. The van der Waals surface area contributed by atoms with Gasteiger partial charge in [0.1, 0.15) is 5.75 Å². The first-order valence-corrected chi connectivity index (χ1v) is 10.4. The largest absolute Gasteiger partial charge is 0.493 e. The van der Waals surface area contributed by atoms with Gasteiger partial charge < -0.3 is 15.4 Å². The summed E-state index contributed by atoms with van der Waals surface area (Å²) in [5, 5.41) is 6.24. The van der Waals surface area contributed by atoms with Gasteiger partial charge in [0, 0.05) is 44.2 Å². The van der Waals surface area contributed by atoms with Crippen LogP contribution in [0.2, 0.25) is 0 Å². The summed E-state index contributed by atoms with van der Waals surface area (Å²) in [5.74, 6) is 1.05. The Balaban J connectivity index is 1.25. The van der Waals surface area contributed by atoms with Crippen molar-refractivity contribution in [3.05, 3.63) is 29.8 Å². The standard InChI is InChI=1S/C21H30N4O3/c1-15(21(27)23-18-8-13-28-19-5-3-2-4-17(18)19)25-11-9-24(10-12-25)14-20(26)22-16-6-7-16/h2-5,15-16,18H,6-14H2,1H3,(H,22,26)(H,23,27). The smallest absolute Gasteiger partial charge is 0.237 e. The van der Waals surface area contributed by atoms with Crippen LogP contribution in [0.1, 0.15) is 37.8 Å². The Morgan fingerprint density at radius 2 is 1.86 bits per heavy atom. The number of carbonyl (C=O) groups is 2. The number of piperazine rings is 1. The molecule has 2 atom stereocenters. The fraction of sp³-hybridized carbons (Fsp3) is 0.619. The van der Waals surface area contributed by atoms with Gasteiger partial charge in [0.2, 0.25) is 11.8 Å². The third-order valence-electron chi connectivity index (χ3n) is 5.92. The van der Waals surface area contributed by atoms with E-state index in [0.717, 1.165) is 56.8 Å². The van der Waals surface area contributed by atoms with E-state index in [9.17, 15) is 9.59 Å². The van der Waals surface area contributed by atoms with Gasteiger partial charge in [-0.05, 0) is 25.8 Å². The van der Waals surface area contributed by atoms with Crippen molar-refractivity contribution in [3.8, 4) is 5.75 Å². The van der Waals surface area contributed by atoms with Crippen LogP contribution >= 0.6 is 0 Å². The zero-order valence-corrected chi connectivity index (χ0v) is 16.5. The van der Waals surface area contributed by atoms with E-state index in [-0.39, 0.29) is 23.9 Å². The number of hydrogen-bond acceptors (Lipinski definition) is 5. The van der Waals surface area contributed by atoms with E-state index in [1.54, 1.807) is 0 Å². The van der Waals surface area contributed by atoms with Crippen molar-refractivity contribution in [2.75, 3.05) is 39.3 Å². The second kappa shape index (κ2) is 8.49. The van der Waals surface area contributed by atoms with Crippen LogP contribution < -0.4 is 15.4 Å².